The van der Waals surface area contributed by atoms with E-state index >= 15 is 0 Å². The average molecular weight is 602 g/mol. The molecule has 0 aliphatic rings. The summed E-state index contributed by atoms with van der Waals surface area (Å²) in [5, 5.41) is 6.28. The van der Waals surface area contributed by atoms with Gasteiger partial charge in [-0.25, -0.2) is 17.9 Å². The molecule has 43 heavy (non-hydrogen) atoms. The first-order chi connectivity index (χ1) is 20.1. The zero-order chi connectivity index (χ0) is 31.7. The van der Waals surface area contributed by atoms with Gasteiger partial charge >= 0.3 is 6.18 Å². The first kappa shape index (κ1) is 31.0. The molecule has 0 spiro atoms. The molecule has 224 valence electrons. The Labute approximate surface area is 242 Å². The molecular weight excluding hydrogens is 576 g/mol. The Bertz CT molecular complexity index is 1720. The molecule has 0 bridgehead atoms. The number of hydrogen-bond acceptors (Lipinski definition) is 4. The molecule has 13 heteroatoms. The molecule has 2 aromatic carbocycles. The summed E-state index contributed by atoms with van der Waals surface area (Å²) in [6.45, 7) is 4.50. The van der Waals surface area contributed by atoms with Crippen molar-refractivity contribution in [2.45, 2.75) is 38.9 Å². The van der Waals surface area contributed by atoms with Crippen LogP contribution in [0.2, 0.25) is 0 Å². The monoisotopic (exact) mass is 601 g/mol. The average Bonchev–Trinajstić information content (AvgIpc) is 3.38. The molecular formula is C30H25F6N5O2. The summed E-state index contributed by atoms with van der Waals surface area (Å²) < 4.78 is 83.2. The molecule has 1 unspecified atom stereocenters. The minimum absolute atomic E-state index is 0.117. The van der Waals surface area contributed by atoms with Gasteiger partial charge in [0.05, 0.1) is 16.8 Å². The van der Waals surface area contributed by atoms with Crippen LogP contribution in [0, 0.1) is 17.5 Å². The molecule has 0 aliphatic carbocycles. The number of rotatable bonds is 8. The summed E-state index contributed by atoms with van der Waals surface area (Å²) in [6.07, 6.45) is -2.63. The van der Waals surface area contributed by atoms with Crippen LogP contribution in [0.1, 0.15) is 48.1 Å². The number of amides is 2. The number of nitrogens with one attached hydrogen (secondary N) is 1. The van der Waals surface area contributed by atoms with Crippen molar-refractivity contribution in [3.8, 4) is 11.1 Å². The van der Waals surface area contributed by atoms with Crippen LogP contribution in [0.25, 0.3) is 16.8 Å². The largest absolute Gasteiger partial charge is 0.435 e. The maximum Gasteiger partial charge on any atom is 0.435 e. The van der Waals surface area contributed by atoms with E-state index in [4.69, 9.17) is 5.73 Å². The molecule has 2 heterocycles. The lowest BCUT2D eigenvalue weighted by molar-refractivity contribution is -0.141. The number of allylic oxidation sites excluding steroid dienone is 1. The molecule has 1 atom stereocenters. The number of alkyl halides is 3. The van der Waals surface area contributed by atoms with Gasteiger partial charge in [-0.15, -0.1) is 0 Å². The van der Waals surface area contributed by atoms with Crippen molar-refractivity contribution in [1.29, 1.82) is 0 Å². The Kier molecular flexibility index (Phi) is 8.47. The number of hydrogen-bond donors (Lipinski definition) is 2. The van der Waals surface area contributed by atoms with Gasteiger partial charge in [0.2, 0.25) is 0 Å². The number of pyridine rings is 1. The van der Waals surface area contributed by atoms with E-state index in [9.17, 15) is 35.9 Å². The first-order valence-electron chi connectivity index (χ1n) is 12.7. The topological polar surface area (TPSA) is 103 Å². The number of nitrogens with zero attached hydrogens (tertiary/aromatic N) is 3. The van der Waals surface area contributed by atoms with Crippen LogP contribution in [0.3, 0.4) is 0 Å². The standard InChI is InChI=1S/C30H25F6N5O2/c1-16(2)25(41-10-8-24(40-41)30(34,35)36)28(43)39-29(3,15-17-11-19(31)14-20(32)12-17)26-21(5-4-9-38-26)18-6-7-23(33)22(13-18)27(37)42/h4-14H,15H2,1-3H3,(H2,37,42)(H,39,43). The SMILES string of the molecule is CC(C)=C(C(=O)NC(C)(Cc1cc(F)cc(F)c1)c1ncccc1-c1ccc(F)c(C(N)=O)c1)n1ccc(C(F)(F)F)n1. The quantitative estimate of drug-likeness (QED) is 0.191. The van der Waals surface area contributed by atoms with Crippen molar-refractivity contribution in [2.75, 3.05) is 0 Å². The Morgan fingerprint density at radius 3 is 2.23 bits per heavy atom. The predicted octanol–water partition coefficient (Wildman–Crippen LogP) is 6.01. The minimum Gasteiger partial charge on any atom is -0.366 e. The Morgan fingerprint density at radius 2 is 1.65 bits per heavy atom. The normalized spacial score (nSPS) is 12.9. The molecule has 0 radical (unpaired) electrons. The number of benzene rings is 2. The first-order valence-corrected chi connectivity index (χ1v) is 12.7. The maximum atomic E-state index is 14.3. The van der Waals surface area contributed by atoms with Gasteiger partial charge in [-0.2, -0.15) is 18.3 Å². The summed E-state index contributed by atoms with van der Waals surface area (Å²) in [5.41, 5.74) is 3.03. The Balaban J connectivity index is 1.87. The molecule has 3 N–H and O–H groups in total. The van der Waals surface area contributed by atoms with Crippen LogP contribution in [-0.4, -0.2) is 26.6 Å². The fourth-order valence-electron chi connectivity index (χ4n) is 4.74. The van der Waals surface area contributed by atoms with Crippen molar-refractivity contribution in [2.24, 2.45) is 5.73 Å². The lowest BCUT2D eigenvalue weighted by Crippen LogP contribution is -2.47. The zero-order valence-electron chi connectivity index (χ0n) is 23.1. The number of aromatic nitrogens is 3. The van der Waals surface area contributed by atoms with E-state index in [1.54, 1.807) is 12.1 Å². The van der Waals surface area contributed by atoms with Gasteiger partial charge in [0.25, 0.3) is 11.8 Å². The molecule has 0 saturated heterocycles. The molecule has 4 aromatic rings. The van der Waals surface area contributed by atoms with Crippen molar-refractivity contribution >= 4 is 17.5 Å². The molecule has 7 nitrogen and oxygen atoms in total. The molecule has 0 fully saturated rings. The molecule has 2 aromatic heterocycles. The highest BCUT2D eigenvalue weighted by molar-refractivity contribution is 6.14. The molecule has 2 amide bonds. The zero-order valence-corrected chi connectivity index (χ0v) is 23.1. The van der Waals surface area contributed by atoms with Crippen LogP contribution < -0.4 is 11.1 Å². The summed E-state index contributed by atoms with van der Waals surface area (Å²) in [4.78, 5) is 30.1. The maximum absolute atomic E-state index is 14.3. The second kappa shape index (κ2) is 11.7. The third-order valence-electron chi connectivity index (χ3n) is 6.54. The molecule has 4 rings (SSSR count). The van der Waals surface area contributed by atoms with E-state index in [0.717, 1.165) is 29.1 Å². The molecule has 0 aliphatic heterocycles. The van der Waals surface area contributed by atoms with Crippen molar-refractivity contribution in [3.05, 3.63) is 113 Å². The van der Waals surface area contributed by atoms with Crippen LogP contribution >= 0.6 is 0 Å². The summed E-state index contributed by atoms with van der Waals surface area (Å²) in [7, 11) is 0. The third kappa shape index (κ3) is 6.76. The van der Waals surface area contributed by atoms with Gasteiger partial charge in [-0.3, -0.25) is 14.6 Å². The highest BCUT2D eigenvalue weighted by Gasteiger charge is 2.37. The highest BCUT2D eigenvalue weighted by Crippen LogP contribution is 2.35. The smallest absolute Gasteiger partial charge is 0.366 e. The lowest BCUT2D eigenvalue weighted by atomic mass is 9.84. The van der Waals surface area contributed by atoms with Gasteiger partial charge in [0.1, 0.15) is 23.1 Å². The Hall–Kier alpha value is -4.94. The lowest BCUT2D eigenvalue weighted by Gasteiger charge is -2.33. The number of carbonyl (C=O) groups excluding carboxylic acids is 2. The van der Waals surface area contributed by atoms with Crippen LogP contribution in [0.15, 0.2) is 72.6 Å². The number of carbonyl (C=O) groups is 2. The number of halogens is 6. The third-order valence-corrected chi connectivity index (χ3v) is 6.54. The summed E-state index contributed by atoms with van der Waals surface area (Å²) in [6, 6.07) is 10.2. The number of nitrogens with two attached hydrogens (primary N) is 1. The van der Waals surface area contributed by atoms with E-state index < -0.39 is 52.2 Å². The molecule has 0 saturated carbocycles. The van der Waals surface area contributed by atoms with Crippen LogP contribution in [0.5, 0.6) is 0 Å². The van der Waals surface area contributed by atoms with E-state index in [1.165, 1.54) is 39.1 Å². The van der Waals surface area contributed by atoms with Gasteiger partial charge in [-0.05, 0) is 73.9 Å². The fraction of sp³-hybridized carbons (Fsp3) is 0.200. The van der Waals surface area contributed by atoms with Crippen molar-refractivity contribution in [1.82, 2.24) is 20.1 Å². The predicted molar refractivity (Wildman–Crippen MR) is 145 cm³/mol. The van der Waals surface area contributed by atoms with E-state index in [0.29, 0.717) is 23.3 Å². The van der Waals surface area contributed by atoms with Crippen LogP contribution in [-0.2, 0) is 22.9 Å². The van der Waals surface area contributed by atoms with Crippen molar-refractivity contribution < 1.29 is 35.9 Å². The summed E-state index contributed by atoms with van der Waals surface area (Å²) >= 11 is 0. The Morgan fingerprint density at radius 1 is 0.977 bits per heavy atom. The van der Waals surface area contributed by atoms with Gasteiger partial charge in [-0.1, -0.05) is 12.1 Å². The van der Waals surface area contributed by atoms with Gasteiger partial charge in [0, 0.05) is 30.4 Å². The van der Waals surface area contributed by atoms with E-state index in [2.05, 4.69) is 15.4 Å². The highest BCUT2D eigenvalue weighted by atomic mass is 19.4. The number of primary amides is 1. The van der Waals surface area contributed by atoms with Gasteiger partial charge < -0.3 is 11.1 Å². The second-order valence-electron chi connectivity index (χ2n) is 10.2. The van der Waals surface area contributed by atoms with E-state index in [-0.39, 0.29) is 28.9 Å². The van der Waals surface area contributed by atoms with Crippen LogP contribution in [0.4, 0.5) is 26.3 Å². The van der Waals surface area contributed by atoms with Crippen molar-refractivity contribution in [3.63, 3.8) is 0 Å². The van der Waals surface area contributed by atoms with Gasteiger partial charge in [0.15, 0.2) is 5.69 Å². The fourth-order valence-corrected chi connectivity index (χ4v) is 4.74. The minimum atomic E-state index is -4.76. The van der Waals surface area contributed by atoms with E-state index in [1.807, 2.05) is 0 Å². The summed E-state index contributed by atoms with van der Waals surface area (Å²) in [5.74, 6) is -4.52. The second-order valence-corrected chi connectivity index (χ2v) is 10.2.